The molecule has 0 fully saturated rings. The summed E-state index contributed by atoms with van der Waals surface area (Å²) in [7, 11) is -2.33. The van der Waals surface area contributed by atoms with Crippen molar-refractivity contribution in [3.05, 3.63) is 58.1 Å². The maximum Gasteiger partial charge on any atom is 0.244 e. The van der Waals surface area contributed by atoms with E-state index >= 15 is 0 Å². The third-order valence-electron chi connectivity index (χ3n) is 5.49. The van der Waals surface area contributed by atoms with Gasteiger partial charge in [-0.1, -0.05) is 42.3 Å². The molecule has 11 heteroatoms. The van der Waals surface area contributed by atoms with Crippen LogP contribution in [0.5, 0.6) is 5.75 Å². The topological polar surface area (TPSA) is 96.0 Å². The van der Waals surface area contributed by atoms with Gasteiger partial charge >= 0.3 is 0 Å². The molecule has 0 bridgehead atoms. The summed E-state index contributed by atoms with van der Waals surface area (Å²) in [5.74, 6) is -0.248. The molecule has 2 aromatic carbocycles. The van der Waals surface area contributed by atoms with Crippen molar-refractivity contribution in [3.63, 3.8) is 0 Å². The number of halogens is 2. The zero-order valence-corrected chi connectivity index (χ0v) is 22.7. The van der Waals surface area contributed by atoms with Gasteiger partial charge in [0.05, 0.1) is 19.1 Å². The summed E-state index contributed by atoms with van der Waals surface area (Å²) < 4.78 is 31.3. The summed E-state index contributed by atoms with van der Waals surface area (Å²) in [6.07, 6.45) is 1.71. The number of benzene rings is 2. The number of hydrogen-bond donors (Lipinski definition) is 1. The molecule has 0 aromatic heterocycles. The molecule has 2 atom stereocenters. The summed E-state index contributed by atoms with van der Waals surface area (Å²) in [6.45, 7) is 4.98. The van der Waals surface area contributed by atoms with Crippen LogP contribution in [0.15, 0.2) is 42.5 Å². The number of nitrogens with zero attached hydrogens (tertiary/aromatic N) is 2. The van der Waals surface area contributed by atoms with Crippen molar-refractivity contribution < 1.29 is 22.7 Å². The van der Waals surface area contributed by atoms with E-state index in [0.717, 1.165) is 22.5 Å². The summed E-state index contributed by atoms with van der Waals surface area (Å²) in [4.78, 5) is 27.8. The van der Waals surface area contributed by atoms with Crippen LogP contribution in [-0.4, -0.2) is 57.1 Å². The second-order valence-electron chi connectivity index (χ2n) is 8.26. The quantitative estimate of drug-likeness (QED) is 0.460. The largest absolute Gasteiger partial charge is 0.497 e. The van der Waals surface area contributed by atoms with Crippen molar-refractivity contribution in [2.24, 2.45) is 0 Å². The molecule has 192 valence electrons. The minimum Gasteiger partial charge on any atom is -0.497 e. The molecule has 2 amide bonds. The Morgan fingerprint density at radius 3 is 2.11 bits per heavy atom. The minimum absolute atomic E-state index is 0.0796. The fourth-order valence-corrected chi connectivity index (χ4v) is 4.62. The van der Waals surface area contributed by atoms with Gasteiger partial charge in [-0.2, -0.15) is 0 Å². The van der Waals surface area contributed by atoms with Crippen LogP contribution in [0.1, 0.15) is 32.8 Å². The van der Waals surface area contributed by atoms with Gasteiger partial charge in [0.1, 0.15) is 18.3 Å². The number of hydrogen-bond acceptors (Lipinski definition) is 5. The highest BCUT2D eigenvalue weighted by molar-refractivity contribution is 7.92. The minimum atomic E-state index is -3.88. The van der Waals surface area contributed by atoms with Crippen LogP contribution in [0.4, 0.5) is 5.69 Å². The van der Waals surface area contributed by atoms with E-state index in [-0.39, 0.29) is 34.2 Å². The summed E-state index contributed by atoms with van der Waals surface area (Å²) in [5.41, 5.74) is 0.901. The summed E-state index contributed by atoms with van der Waals surface area (Å²) in [5, 5.41) is 3.33. The number of carbonyl (C=O) groups excluding carboxylic acids is 2. The van der Waals surface area contributed by atoms with E-state index in [1.165, 1.54) is 23.1 Å². The Kier molecular flexibility index (Phi) is 10.2. The maximum atomic E-state index is 13.5. The van der Waals surface area contributed by atoms with Crippen LogP contribution in [0.2, 0.25) is 10.0 Å². The van der Waals surface area contributed by atoms with Gasteiger partial charge in [-0.3, -0.25) is 13.9 Å². The number of amides is 2. The van der Waals surface area contributed by atoms with Crippen LogP contribution in [0.3, 0.4) is 0 Å². The number of anilines is 1. The molecule has 0 aliphatic heterocycles. The Morgan fingerprint density at radius 2 is 1.63 bits per heavy atom. The van der Waals surface area contributed by atoms with Gasteiger partial charge in [0.25, 0.3) is 0 Å². The van der Waals surface area contributed by atoms with E-state index in [0.29, 0.717) is 5.75 Å². The molecule has 0 heterocycles. The predicted octanol–water partition coefficient (Wildman–Crippen LogP) is 4.10. The Labute approximate surface area is 217 Å². The Balaban J connectivity index is 2.41. The van der Waals surface area contributed by atoms with Gasteiger partial charge < -0.3 is 15.0 Å². The van der Waals surface area contributed by atoms with Crippen LogP contribution in [0, 0.1) is 0 Å². The molecular weight excluding hydrogens is 513 g/mol. The smallest absolute Gasteiger partial charge is 0.244 e. The van der Waals surface area contributed by atoms with Crippen LogP contribution < -0.4 is 14.4 Å². The zero-order chi connectivity index (χ0) is 26.3. The predicted molar refractivity (Wildman–Crippen MR) is 140 cm³/mol. The van der Waals surface area contributed by atoms with Crippen molar-refractivity contribution in [3.8, 4) is 5.75 Å². The molecule has 35 heavy (non-hydrogen) atoms. The average molecular weight is 545 g/mol. The van der Waals surface area contributed by atoms with Crippen molar-refractivity contribution >= 4 is 50.7 Å². The fourth-order valence-electron chi connectivity index (χ4n) is 3.27. The molecule has 8 nitrogen and oxygen atoms in total. The lowest BCUT2D eigenvalue weighted by atomic mass is 10.1. The number of rotatable bonds is 11. The van der Waals surface area contributed by atoms with E-state index < -0.39 is 28.5 Å². The van der Waals surface area contributed by atoms with E-state index in [9.17, 15) is 18.0 Å². The molecular formula is C24H31Cl2N3O5S. The summed E-state index contributed by atoms with van der Waals surface area (Å²) in [6, 6.07) is 10.4. The van der Waals surface area contributed by atoms with E-state index in [1.807, 2.05) is 13.8 Å². The van der Waals surface area contributed by atoms with Crippen LogP contribution in [-0.2, 0) is 26.2 Å². The maximum absolute atomic E-state index is 13.5. The average Bonchev–Trinajstić information content (AvgIpc) is 2.79. The van der Waals surface area contributed by atoms with Gasteiger partial charge in [-0.25, -0.2) is 8.42 Å². The molecule has 2 rings (SSSR count). The van der Waals surface area contributed by atoms with Gasteiger partial charge in [0.15, 0.2) is 0 Å². The van der Waals surface area contributed by atoms with Crippen molar-refractivity contribution in [2.75, 3.05) is 24.2 Å². The van der Waals surface area contributed by atoms with Crippen molar-refractivity contribution in [1.82, 2.24) is 10.2 Å². The van der Waals surface area contributed by atoms with Crippen molar-refractivity contribution in [1.29, 1.82) is 0 Å². The van der Waals surface area contributed by atoms with E-state index in [2.05, 4.69) is 5.32 Å². The number of sulfonamides is 1. The lowest BCUT2D eigenvalue weighted by molar-refractivity contribution is -0.139. The van der Waals surface area contributed by atoms with Crippen LogP contribution in [0.25, 0.3) is 0 Å². The van der Waals surface area contributed by atoms with Gasteiger partial charge in [-0.05, 0) is 56.2 Å². The molecule has 0 aliphatic carbocycles. The zero-order valence-electron chi connectivity index (χ0n) is 20.4. The molecule has 0 saturated carbocycles. The lowest BCUT2D eigenvalue weighted by Crippen LogP contribution is -2.52. The van der Waals surface area contributed by atoms with Crippen molar-refractivity contribution in [2.45, 2.75) is 45.8 Å². The molecule has 0 saturated heterocycles. The lowest BCUT2D eigenvalue weighted by Gasteiger charge is -2.32. The van der Waals surface area contributed by atoms with E-state index in [1.54, 1.807) is 38.3 Å². The molecule has 0 spiro atoms. The highest BCUT2D eigenvalue weighted by Gasteiger charge is 2.30. The van der Waals surface area contributed by atoms with Gasteiger partial charge in [0.2, 0.25) is 21.8 Å². The first-order valence-corrected chi connectivity index (χ1v) is 13.6. The highest BCUT2D eigenvalue weighted by atomic mass is 35.5. The second-order valence-corrected chi connectivity index (χ2v) is 11.0. The van der Waals surface area contributed by atoms with Gasteiger partial charge in [0, 0.05) is 22.6 Å². The normalized spacial score (nSPS) is 13.0. The number of carbonyl (C=O) groups is 2. The number of ether oxygens (including phenoxy) is 1. The van der Waals surface area contributed by atoms with E-state index in [4.69, 9.17) is 27.9 Å². The monoisotopic (exact) mass is 543 g/mol. The standard InChI is InChI=1S/C24H31Cl2N3O5S/c1-6-16(2)27-24(31)17(3)28(14-18-7-9-22(34-4)10-8-18)23(30)15-29(35(5,32)33)21-12-19(25)11-20(26)13-21/h7-13,16-17H,6,14-15H2,1-5H3,(H,27,31)/t16-,17+/m0/s1. The number of nitrogens with one attached hydrogen (secondary N) is 1. The second kappa shape index (κ2) is 12.5. The fraction of sp³-hybridized carbons (Fsp3) is 0.417. The van der Waals surface area contributed by atoms with Crippen LogP contribution >= 0.6 is 23.2 Å². The van der Waals surface area contributed by atoms with Gasteiger partial charge in [-0.15, -0.1) is 0 Å². The molecule has 0 aliphatic rings. The first kappa shape index (κ1) is 28.7. The number of methoxy groups -OCH3 is 1. The molecule has 2 aromatic rings. The Bertz CT molecular complexity index is 1120. The molecule has 0 unspecified atom stereocenters. The Hall–Kier alpha value is -2.49. The Morgan fingerprint density at radius 1 is 1.06 bits per heavy atom. The third kappa shape index (κ3) is 8.30. The molecule has 1 N–H and O–H groups in total. The highest BCUT2D eigenvalue weighted by Crippen LogP contribution is 2.27. The first-order valence-electron chi connectivity index (χ1n) is 11.0. The third-order valence-corrected chi connectivity index (χ3v) is 7.07. The SMILES string of the molecule is CC[C@H](C)NC(=O)[C@@H](C)N(Cc1ccc(OC)cc1)C(=O)CN(c1cc(Cl)cc(Cl)c1)S(C)(=O)=O. The molecule has 0 radical (unpaired) electrons. The summed E-state index contributed by atoms with van der Waals surface area (Å²) >= 11 is 12.1. The first-order chi connectivity index (χ1) is 16.3.